The number of anilines is 3. The van der Waals surface area contributed by atoms with Crippen LogP contribution in [-0.4, -0.2) is 111 Å². The van der Waals surface area contributed by atoms with Gasteiger partial charge in [-0.1, -0.05) is 137 Å². The van der Waals surface area contributed by atoms with Crippen LogP contribution in [0.4, 0.5) is 35.8 Å². The average molecular weight is 1540 g/mol. The molecule has 22 nitrogen and oxygen atoms in total. The molecule has 7 amide bonds. The number of carbonyl (C=O) groups excluding carboxylic acids is 9. The molecule has 0 saturated heterocycles. The number of aliphatic carboxylic acids is 3. The molecule has 0 radical (unpaired) electrons. The summed E-state index contributed by atoms with van der Waals surface area (Å²) in [4.78, 5) is 139. The second kappa shape index (κ2) is 45.1. The normalized spacial score (nSPS) is 12.1. The van der Waals surface area contributed by atoms with Crippen LogP contribution in [0.2, 0.25) is 0 Å². The number of hydrogen-bond acceptors (Lipinski definition) is 12. The number of benzene rings is 4. The molecule has 0 aliphatic heterocycles. The minimum atomic E-state index is -1.09. The highest BCUT2D eigenvalue weighted by molar-refractivity contribution is 9.11. The monoisotopic (exact) mass is 1540 g/mol. The molecule has 0 aromatic heterocycles. The van der Waals surface area contributed by atoms with E-state index in [1.807, 2.05) is 84.9 Å². The highest BCUT2D eigenvalue weighted by atomic mass is 79.9. The molecule has 5 atom stereocenters. The zero-order valence-corrected chi connectivity index (χ0v) is 59.1. The molecule has 4 aromatic carbocycles. The lowest BCUT2D eigenvalue weighted by Crippen LogP contribution is -2.44. The summed E-state index contributed by atoms with van der Waals surface area (Å²) in [6.45, 7) is 14.5. The van der Waals surface area contributed by atoms with Crippen LogP contribution < -0.4 is 37.2 Å². The van der Waals surface area contributed by atoms with E-state index in [0.717, 1.165) is 31.8 Å². The minimum absolute atomic E-state index is 0.0117. The number of carbonyl (C=O) groups is 12. The summed E-state index contributed by atoms with van der Waals surface area (Å²) in [5.74, 6) is -5.15. The van der Waals surface area contributed by atoms with Crippen molar-refractivity contribution < 1.29 is 77.2 Å². The van der Waals surface area contributed by atoms with E-state index in [-0.39, 0.29) is 110 Å². The van der Waals surface area contributed by atoms with Gasteiger partial charge in [0.05, 0.1) is 36.7 Å². The lowest BCUT2D eigenvalue weighted by Gasteiger charge is -2.21. The molecule has 0 spiro atoms. The van der Waals surface area contributed by atoms with Crippen LogP contribution in [0.25, 0.3) is 0 Å². The van der Waals surface area contributed by atoms with Crippen molar-refractivity contribution in [3.8, 4) is 0 Å². The number of hydrogen-bond donors (Lipinski definition) is 10. The summed E-state index contributed by atoms with van der Waals surface area (Å²) in [6.07, 6.45) is 2.90. The molecule has 0 saturated carbocycles. The first-order valence-electron chi connectivity index (χ1n) is 29.7. The van der Waals surface area contributed by atoms with Gasteiger partial charge in [-0.15, -0.1) is 0 Å². The largest absolute Gasteiger partial charge is 0.481 e. The zero-order valence-electron chi connectivity index (χ0n) is 52.7. The number of rotatable bonds is 33. The third-order valence-corrected chi connectivity index (χ3v) is 15.3. The van der Waals surface area contributed by atoms with Gasteiger partial charge in [0.2, 0.25) is 5.91 Å². The Morgan fingerprint density at radius 1 is 0.500 bits per heavy atom. The quantitative estimate of drug-likeness (QED) is 0.0212. The zero-order chi connectivity index (χ0) is 69.6. The van der Waals surface area contributed by atoms with Crippen molar-refractivity contribution in [2.24, 2.45) is 23.7 Å². The number of nitrogens with one attached hydrogen (secondary N) is 7. The summed E-state index contributed by atoms with van der Waals surface area (Å²) >= 11 is 13.1. The van der Waals surface area contributed by atoms with E-state index in [0.29, 0.717) is 35.1 Å². The molecule has 0 fully saturated rings. The van der Waals surface area contributed by atoms with Crippen LogP contribution in [0.1, 0.15) is 138 Å². The molecule has 27 heteroatoms. The Kier molecular flexibility index (Phi) is 40.6. The van der Waals surface area contributed by atoms with Gasteiger partial charge in [-0.25, -0.2) is 18.8 Å². The lowest BCUT2D eigenvalue weighted by molar-refractivity contribution is -0.139. The van der Waals surface area contributed by atoms with Gasteiger partial charge >= 0.3 is 36.0 Å². The number of carboxylic acid groups (broad SMARTS) is 3. The van der Waals surface area contributed by atoms with Crippen LogP contribution in [0.5, 0.6) is 0 Å². The molecule has 4 aromatic rings. The number of halogens is 5. The van der Waals surface area contributed by atoms with E-state index in [9.17, 15) is 61.9 Å². The number of Topliss-reactive ketones (excluding diaryl/α,β-unsaturated/α-hetero) is 5. The van der Waals surface area contributed by atoms with Gasteiger partial charge in [0.25, 0.3) is 0 Å². The van der Waals surface area contributed by atoms with E-state index >= 15 is 0 Å². The van der Waals surface area contributed by atoms with E-state index in [2.05, 4.69) is 101 Å². The van der Waals surface area contributed by atoms with Gasteiger partial charge < -0.3 is 57.3 Å². The first-order valence-corrected chi connectivity index (χ1v) is 32.8. The molecule has 504 valence electrons. The molecule has 92 heavy (non-hydrogen) atoms. The van der Waals surface area contributed by atoms with Gasteiger partial charge in [-0.3, -0.25) is 38.4 Å². The summed E-state index contributed by atoms with van der Waals surface area (Å²) in [5, 5.41) is 43.8. The molecule has 0 bridgehead atoms. The van der Waals surface area contributed by atoms with Crippen molar-refractivity contribution in [3.05, 3.63) is 120 Å². The molecular formula is C65H84Br4FN7O15. The van der Waals surface area contributed by atoms with E-state index in [4.69, 9.17) is 15.3 Å². The highest BCUT2D eigenvalue weighted by Gasteiger charge is 2.28. The molecule has 0 aliphatic rings. The van der Waals surface area contributed by atoms with Crippen molar-refractivity contribution in [1.82, 2.24) is 21.3 Å². The fourth-order valence-electron chi connectivity index (χ4n) is 8.27. The standard InChI is InChI=1S/C17H22BrNO4.C16H20BrFN2O4.C16H21BrN2O4.C16H21BrN2O3/c1-3-11(2)15(17(23)19-10-16(21)22)9-14(20)8-12-4-6-13(18)7-5-12;1-9(2)7-13(14(21)5-6-15(22)23)20-16(24)19-12-4-3-10(17)8-11(12)18;1-10(2)9-13(14(20)7-8-15(21)22)19-16(23)18-12-5-3-11(17)4-6-12;1-3-4-14(15(21)10-5-11(2)20)19-16(22)18-13-8-6-12(17)7-9-13/h4-7,11,15H,3,8-10H2,1-2H3,(H,19,23)(H,21,22);3-4,8-9,13H,5-7H2,1-2H3,(H,22,23)(H2,19,20,24);3-6,10,13H,7-9H2,1-2H3,(H,21,22)(H2,18,19,23);6-9,14H,3-5,10H2,1-2H3,(H2,18,19,22)/t11-,15-;2*13-;14-/m0000/s1. The summed E-state index contributed by atoms with van der Waals surface area (Å²) in [7, 11) is 0. The van der Waals surface area contributed by atoms with Crippen molar-refractivity contribution in [1.29, 1.82) is 0 Å². The third kappa shape index (κ3) is 37.9. The number of amides is 7. The number of carboxylic acids is 3. The smallest absolute Gasteiger partial charge is 0.322 e. The molecule has 0 heterocycles. The maximum atomic E-state index is 13.7. The van der Waals surface area contributed by atoms with Crippen molar-refractivity contribution in [2.75, 3.05) is 22.5 Å². The minimum Gasteiger partial charge on any atom is -0.481 e. The van der Waals surface area contributed by atoms with Crippen molar-refractivity contribution in [2.45, 2.75) is 157 Å². The Bertz CT molecular complexity index is 3080. The Morgan fingerprint density at radius 2 is 0.902 bits per heavy atom. The summed E-state index contributed by atoms with van der Waals surface area (Å²) in [6, 6.07) is 22.2. The first-order chi connectivity index (χ1) is 43.2. The number of ketones is 5. The van der Waals surface area contributed by atoms with Gasteiger partial charge in [-0.05, 0) is 128 Å². The number of urea groups is 3. The van der Waals surface area contributed by atoms with Crippen LogP contribution in [0, 0.1) is 29.5 Å². The third-order valence-electron chi connectivity index (χ3n) is 13.2. The van der Waals surface area contributed by atoms with Crippen LogP contribution in [-0.2, 0) is 49.6 Å². The Morgan fingerprint density at radius 3 is 1.29 bits per heavy atom. The summed E-state index contributed by atoms with van der Waals surface area (Å²) in [5.41, 5.74) is 2.13. The summed E-state index contributed by atoms with van der Waals surface area (Å²) < 4.78 is 17.0. The second-order valence-corrected chi connectivity index (χ2v) is 25.8. The fraction of sp³-hybridized carbons (Fsp3) is 0.446. The SMILES string of the molecule is CC(C)C[C@H](NC(=O)Nc1ccc(Br)cc1)C(=O)CCC(=O)O.CC(C)C[C@H](NC(=O)Nc1ccc(Br)cc1F)C(=O)CCC(=O)O.CCC[C@H](NC(=O)Nc1ccc(Br)cc1)C(=O)CCC(C)=O.CC[C@H](C)[C@H](CC(=O)Cc1ccc(Br)cc1)C(=O)NCC(=O)O. The maximum Gasteiger partial charge on any atom is 0.322 e. The van der Waals surface area contributed by atoms with Crippen LogP contribution in [0.15, 0.2) is 109 Å². The lowest BCUT2D eigenvalue weighted by atomic mass is 9.85. The van der Waals surface area contributed by atoms with Gasteiger partial charge in [0.1, 0.15) is 23.9 Å². The Balaban J connectivity index is 0.000000614. The second-order valence-electron chi connectivity index (χ2n) is 22.2. The van der Waals surface area contributed by atoms with Gasteiger partial charge in [0, 0.05) is 73.7 Å². The topological polar surface area (TPSA) is 350 Å². The first kappa shape index (κ1) is 82.8. The maximum absolute atomic E-state index is 13.7. The predicted octanol–water partition coefficient (Wildman–Crippen LogP) is 13.5. The molecule has 10 N–H and O–H groups in total. The van der Waals surface area contributed by atoms with Crippen LogP contribution >= 0.6 is 63.7 Å². The van der Waals surface area contributed by atoms with Crippen molar-refractivity contribution in [3.63, 3.8) is 0 Å². The van der Waals surface area contributed by atoms with Crippen LogP contribution in [0.3, 0.4) is 0 Å². The van der Waals surface area contributed by atoms with Gasteiger partial charge in [-0.2, -0.15) is 0 Å². The Hall–Kier alpha value is -7.23. The average Bonchev–Trinajstić information content (AvgIpc) is 1.64. The predicted molar refractivity (Wildman–Crippen MR) is 364 cm³/mol. The Labute approximate surface area is 569 Å². The molecular weight excluding hydrogens is 1460 g/mol. The van der Waals surface area contributed by atoms with E-state index < -0.39 is 72.4 Å². The fourth-order valence-corrected chi connectivity index (χ4v) is 9.40. The molecule has 4 rings (SSSR count). The van der Waals surface area contributed by atoms with E-state index in [1.54, 1.807) is 42.5 Å². The molecule has 0 unspecified atom stereocenters. The van der Waals surface area contributed by atoms with E-state index in [1.165, 1.54) is 19.1 Å². The highest BCUT2D eigenvalue weighted by Crippen LogP contribution is 2.23. The van der Waals surface area contributed by atoms with Crippen molar-refractivity contribution >= 4 is 152 Å². The molecule has 0 aliphatic carbocycles. The van der Waals surface area contributed by atoms with Gasteiger partial charge in [0.15, 0.2) is 17.3 Å².